The van der Waals surface area contributed by atoms with Crippen LogP contribution in [0.4, 0.5) is 11.4 Å². The number of carbonyl (C=O) groups excluding carboxylic acids is 3. The molecule has 0 aromatic heterocycles. The van der Waals surface area contributed by atoms with Crippen molar-refractivity contribution in [2.75, 3.05) is 10.2 Å². The molecule has 0 unspecified atom stereocenters. The Hall–Kier alpha value is -2.95. The van der Waals surface area contributed by atoms with Crippen molar-refractivity contribution in [2.45, 2.75) is 26.7 Å². The number of nitrogens with zero attached hydrogens (tertiary/aromatic N) is 1. The van der Waals surface area contributed by atoms with Crippen molar-refractivity contribution in [2.24, 2.45) is 0 Å². The Labute approximate surface area is 140 Å². The molecule has 3 amide bonds. The molecule has 0 bridgehead atoms. The third kappa shape index (κ3) is 2.93. The van der Waals surface area contributed by atoms with Crippen LogP contribution in [-0.4, -0.2) is 17.7 Å². The highest BCUT2D eigenvalue weighted by molar-refractivity contribution is 6.20. The van der Waals surface area contributed by atoms with E-state index in [1.807, 2.05) is 32.0 Å². The van der Waals surface area contributed by atoms with E-state index in [1.54, 1.807) is 24.3 Å². The maximum absolute atomic E-state index is 12.5. The van der Waals surface area contributed by atoms with Crippen LogP contribution in [0.3, 0.4) is 0 Å². The molecule has 1 fully saturated rings. The van der Waals surface area contributed by atoms with E-state index < -0.39 is 0 Å². The van der Waals surface area contributed by atoms with E-state index in [2.05, 4.69) is 5.32 Å². The highest BCUT2D eigenvalue weighted by Gasteiger charge is 2.30. The van der Waals surface area contributed by atoms with Crippen LogP contribution in [0.25, 0.3) is 0 Å². The molecule has 2 aromatic carbocycles. The summed E-state index contributed by atoms with van der Waals surface area (Å²) in [5.41, 5.74) is 3.69. The zero-order valence-corrected chi connectivity index (χ0v) is 13.6. The summed E-state index contributed by atoms with van der Waals surface area (Å²) in [5, 5.41) is 2.88. The first-order valence-corrected chi connectivity index (χ1v) is 7.81. The van der Waals surface area contributed by atoms with Crippen LogP contribution in [0.1, 0.15) is 34.3 Å². The van der Waals surface area contributed by atoms with Crippen molar-refractivity contribution >= 4 is 29.1 Å². The van der Waals surface area contributed by atoms with Gasteiger partial charge in [0.05, 0.1) is 5.69 Å². The van der Waals surface area contributed by atoms with Gasteiger partial charge in [0.2, 0.25) is 11.8 Å². The standard InChI is InChI=1S/C19H18N2O3/c1-12-5-3-8-16(13(12)2)20-19(24)14-6-4-7-15(11-14)21-17(22)9-10-18(21)23/h3-8,11H,9-10H2,1-2H3,(H,20,24). The van der Waals surface area contributed by atoms with Crippen molar-refractivity contribution in [1.29, 1.82) is 0 Å². The van der Waals surface area contributed by atoms with E-state index >= 15 is 0 Å². The second-order valence-corrected chi connectivity index (χ2v) is 5.87. The Bertz CT molecular complexity index is 826. The minimum Gasteiger partial charge on any atom is -0.322 e. The van der Waals surface area contributed by atoms with Crippen LogP contribution in [0, 0.1) is 13.8 Å². The SMILES string of the molecule is Cc1cccc(NC(=O)c2cccc(N3C(=O)CCC3=O)c2)c1C. The van der Waals surface area contributed by atoms with Gasteiger partial charge in [-0.15, -0.1) is 0 Å². The lowest BCUT2D eigenvalue weighted by Crippen LogP contribution is -2.28. The van der Waals surface area contributed by atoms with Crippen LogP contribution >= 0.6 is 0 Å². The number of amides is 3. The van der Waals surface area contributed by atoms with Gasteiger partial charge in [-0.1, -0.05) is 18.2 Å². The Morgan fingerprint density at radius 2 is 1.67 bits per heavy atom. The number of hydrogen-bond donors (Lipinski definition) is 1. The van der Waals surface area contributed by atoms with Gasteiger partial charge in [-0.2, -0.15) is 0 Å². The minimum atomic E-state index is -0.273. The van der Waals surface area contributed by atoms with Crippen molar-refractivity contribution in [3.8, 4) is 0 Å². The monoisotopic (exact) mass is 322 g/mol. The number of carbonyl (C=O) groups is 3. The maximum Gasteiger partial charge on any atom is 0.255 e. The van der Waals surface area contributed by atoms with E-state index in [9.17, 15) is 14.4 Å². The summed E-state index contributed by atoms with van der Waals surface area (Å²) in [6.07, 6.45) is 0.440. The average Bonchev–Trinajstić information content (AvgIpc) is 2.90. The molecule has 5 nitrogen and oxygen atoms in total. The van der Waals surface area contributed by atoms with Gasteiger partial charge in [0, 0.05) is 24.1 Å². The van der Waals surface area contributed by atoms with Gasteiger partial charge in [-0.05, 0) is 49.2 Å². The van der Waals surface area contributed by atoms with Gasteiger partial charge in [-0.25, -0.2) is 0 Å². The van der Waals surface area contributed by atoms with Crippen LogP contribution in [0.15, 0.2) is 42.5 Å². The van der Waals surface area contributed by atoms with E-state index in [4.69, 9.17) is 0 Å². The fraction of sp³-hybridized carbons (Fsp3) is 0.211. The largest absolute Gasteiger partial charge is 0.322 e. The molecule has 1 aliphatic rings. The molecule has 0 spiro atoms. The number of nitrogens with one attached hydrogen (secondary N) is 1. The average molecular weight is 322 g/mol. The predicted molar refractivity (Wildman–Crippen MR) is 92.0 cm³/mol. The van der Waals surface area contributed by atoms with Crippen LogP contribution in [-0.2, 0) is 9.59 Å². The first kappa shape index (κ1) is 15.9. The minimum absolute atomic E-state index is 0.220. The van der Waals surface area contributed by atoms with Crippen LogP contribution in [0.5, 0.6) is 0 Å². The van der Waals surface area contributed by atoms with Gasteiger partial charge < -0.3 is 5.32 Å². The number of aryl methyl sites for hydroxylation is 1. The summed E-state index contributed by atoms with van der Waals surface area (Å²) in [5.74, 6) is -0.733. The first-order chi connectivity index (χ1) is 11.5. The summed E-state index contributed by atoms with van der Waals surface area (Å²) in [6, 6.07) is 12.3. The molecule has 0 saturated carbocycles. The topological polar surface area (TPSA) is 66.5 Å². The molecule has 24 heavy (non-hydrogen) atoms. The Morgan fingerprint density at radius 3 is 2.38 bits per heavy atom. The molecular weight excluding hydrogens is 304 g/mol. The number of anilines is 2. The smallest absolute Gasteiger partial charge is 0.255 e. The Kier molecular flexibility index (Phi) is 4.16. The number of hydrogen-bond acceptors (Lipinski definition) is 3. The zero-order chi connectivity index (χ0) is 17.3. The fourth-order valence-electron chi connectivity index (χ4n) is 2.73. The Morgan fingerprint density at radius 1 is 1.00 bits per heavy atom. The molecule has 0 aliphatic carbocycles. The molecule has 1 N–H and O–H groups in total. The molecule has 0 atom stereocenters. The predicted octanol–water partition coefficient (Wildman–Crippen LogP) is 3.21. The second kappa shape index (κ2) is 6.28. The van der Waals surface area contributed by atoms with Crippen LogP contribution < -0.4 is 10.2 Å². The third-order valence-corrected chi connectivity index (χ3v) is 4.27. The lowest BCUT2D eigenvalue weighted by Gasteiger charge is -2.15. The molecule has 5 heteroatoms. The highest BCUT2D eigenvalue weighted by atomic mass is 16.2. The van der Waals surface area contributed by atoms with E-state index in [0.717, 1.165) is 21.7 Å². The second-order valence-electron chi connectivity index (χ2n) is 5.87. The molecule has 122 valence electrons. The number of imide groups is 1. The molecule has 3 rings (SSSR count). The molecule has 2 aromatic rings. The van der Waals surface area contributed by atoms with Gasteiger partial charge >= 0.3 is 0 Å². The quantitative estimate of drug-likeness (QED) is 0.882. The lowest BCUT2D eigenvalue weighted by atomic mass is 10.1. The van der Waals surface area contributed by atoms with Gasteiger partial charge in [0.1, 0.15) is 0 Å². The molecule has 1 saturated heterocycles. The molecule has 1 heterocycles. The van der Waals surface area contributed by atoms with E-state index in [0.29, 0.717) is 11.3 Å². The Balaban J connectivity index is 1.86. The molecule has 1 aliphatic heterocycles. The van der Waals surface area contributed by atoms with Gasteiger partial charge in [0.25, 0.3) is 5.91 Å². The summed E-state index contributed by atoms with van der Waals surface area (Å²) in [4.78, 5) is 37.3. The maximum atomic E-state index is 12.5. The zero-order valence-electron chi connectivity index (χ0n) is 13.6. The normalized spacial score (nSPS) is 14.2. The summed E-state index contributed by atoms with van der Waals surface area (Å²) in [7, 11) is 0. The van der Waals surface area contributed by atoms with Gasteiger partial charge in [-0.3, -0.25) is 19.3 Å². The summed E-state index contributed by atoms with van der Waals surface area (Å²) in [6.45, 7) is 3.93. The van der Waals surface area contributed by atoms with Gasteiger partial charge in [0.15, 0.2) is 0 Å². The number of rotatable bonds is 3. The summed E-state index contributed by atoms with van der Waals surface area (Å²) >= 11 is 0. The number of benzene rings is 2. The lowest BCUT2D eigenvalue weighted by molar-refractivity contribution is -0.121. The fourth-order valence-corrected chi connectivity index (χ4v) is 2.73. The van der Waals surface area contributed by atoms with Crippen molar-refractivity contribution < 1.29 is 14.4 Å². The molecule has 0 radical (unpaired) electrons. The van der Waals surface area contributed by atoms with E-state index in [-0.39, 0.29) is 30.6 Å². The van der Waals surface area contributed by atoms with Crippen molar-refractivity contribution in [3.05, 3.63) is 59.2 Å². The highest BCUT2D eigenvalue weighted by Crippen LogP contribution is 2.24. The van der Waals surface area contributed by atoms with E-state index in [1.165, 1.54) is 0 Å². The van der Waals surface area contributed by atoms with Crippen LogP contribution in [0.2, 0.25) is 0 Å². The molecular formula is C19H18N2O3. The summed E-state index contributed by atoms with van der Waals surface area (Å²) < 4.78 is 0. The van der Waals surface area contributed by atoms with Crippen molar-refractivity contribution in [1.82, 2.24) is 0 Å². The van der Waals surface area contributed by atoms with Crippen molar-refractivity contribution in [3.63, 3.8) is 0 Å². The third-order valence-electron chi connectivity index (χ3n) is 4.27. The first-order valence-electron chi connectivity index (χ1n) is 7.81.